The molecule has 4 nitrogen and oxygen atoms in total. The molecule has 1 unspecified atom stereocenters. The van der Waals surface area contributed by atoms with Gasteiger partial charge in [-0.2, -0.15) is 13.2 Å². The van der Waals surface area contributed by atoms with E-state index in [1.165, 1.54) is 62.5 Å². The number of hydrogen-bond donors (Lipinski definition) is 1. The maximum absolute atomic E-state index is 12.3. The predicted octanol–water partition coefficient (Wildman–Crippen LogP) is 16.4. The predicted molar refractivity (Wildman–Crippen MR) is 258 cm³/mol. The van der Waals surface area contributed by atoms with Crippen LogP contribution in [0.15, 0.2) is 96.9 Å². The van der Waals surface area contributed by atoms with Crippen molar-refractivity contribution in [3.05, 3.63) is 142 Å². The first-order valence-electron chi connectivity index (χ1n) is 25.1. The van der Waals surface area contributed by atoms with Gasteiger partial charge in [0.25, 0.3) is 0 Å². The van der Waals surface area contributed by atoms with Gasteiger partial charge in [-0.1, -0.05) is 111 Å². The van der Waals surface area contributed by atoms with Crippen molar-refractivity contribution in [3.8, 4) is 22.5 Å². The number of halogens is 3. The second kappa shape index (κ2) is 23.7. The first-order chi connectivity index (χ1) is 32.3. The van der Waals surface area contributed by atoms with Crippen LogP contribution < -0.4 is 0 Å². The van der Waals surface area contributed by atoms with Crippen molar-refractivity contribution in [3.63, 3.8) is 0 Å². The van der Waals surface area contributed by atoms with E-state index in [1.54, 1.807) is 6.92 Å². The first-order valence-corrected chi connectivity index (χ1v) is 23.1. The van der Waals surface area contributed by atoms with E-state index in [9.17, 15) is 23.1 Å². The van der Waals surface area contributed by atoms with Crippen LogP contribution in [0.4, 0.5) is 13.2 Å². The molecule has 347 valence electrons. The number of fused-ring (bicyclic) bond motifs is 2. The molecule has 4 aromatic carbocycles. The van der Waals surface area contributed by atoms with E-state index in [4.69, 9.17) is 5.48 Å². The molecule has 1 atom stereocenters. The Hall–Kier alpha value is -4.65. The molecule has 0 saturated heterocycles. The van der Waals surface area contributed by atoms with Crippen LogP contribution in [0.25, 0.3) is 44.1 Å². The number of aliphatic hydroxyl groups is 1. The number of pyridine rings is 2. The zero-order valence-corrected chi connectivity index (χ0v) is 41.3. The van der Waals surface area contributed by atoms with Gasteiger partial charge in [-0.3, -0.25) is 4.79 Å². The molecular weight excluding hydrogens is 994 g/mol. The molecular formula is C57H65F3IrN2O2-2. The number of carbonyl (C=O) groups excluding carboxylic acids is 1. The minimum atomic E-state index is -4.33. The van der Waals surface area contributed by atoms with Gasteiger partial charge in [0.15, 0.2) is 5.78 Å². The smallest absolute Gasteiger partial charge is 0.389 e. The summed E-state index contributed by atoms with van der Waals surface area (Å²) in [6.07, 6.45) is 7.10. The molecule has 65 heavy (non-hydrogen) atoms. The molecule has 0 aliphatic heterocycles. The van der Waals surface area contributed by atoms with Crippen molar-refractivity contribution in [2.24, 2.45) is 11.8 Å². The second-order valence-corrected chi connectivity index (χ2v) is 17.9. The monoisotopic (exact) mass is 1060 g/mol. The number of allylic oxidation sites excluding steroid dienone is 2. The van der Waals surface area contributed by atoms with Gasteiger partial charge in [-0.15, -0.1) is 69.8 Å². The summed E-state index contributed by atoms with van der Waals surface area (Å²) in [6, 6.07) is 28.3. The minimum Gasteiger partial charge on any atom is -0.512 e. The van der Waals surface area contributed by atoms with Crippen molar-refractivity contribution >= 4 is 27.3 Å². The fourth-order valence-corrected chi connectivity index (χ4v) is 9.44. The Labute approximate surface area is 404 Å². The van der Waals surface area contributed by atoms with Gasteiger partial charge in [0.1, 0.15) is 0 Å². The number of aliphatic hydroxyl groups excluding tert-OH is 1. The van der Waals surface area contributed by atoms with Gasteiger partial charge >= 0.3 is 6.18 Å². The van der Waals surface area contributed by atoms with Gasteiger partial charge < -0.3 is 15.1 Å². The fourth-order valence-electron chi connectivity index (χ4n) is 9.44. The zero-order chi connectivity index (χ0) is 49.4. The molecule has 1 N–H and O–H groups in total. The topological polar surface area (TPSA) is 63.1 Å². The molecule has 2 aromatic heterocycles. The third-order valence-electron chi connectivity index (χ3n) is 12.8. The SMILES string of the molecule is CCC(CC)C(=O)/C=C(\O)C(CC)CC(F)(F)F.[2H]c1nc(-c2[c-]c(C)cc(C)c2)c2ccc(C3CCCC3)cc2c1[2H].[2H]c1nc(-c2[c-]c(C)cc(C)c2)c2ccc(C3CCCC3)cc2c1[2H].[Ir]. The van der Waals surface area contributed by atoms with Crippen LogP contribution in [-0.4, -0.2) is 27.0 Å². The average Bonchev–Trinajstić information content (AvgIpc) is 4.04. The standard InChI is InChI=1S/2C22H22N.C13H21F3O2.Ir/c2*1-15-11-16(2)13-20(12-15)22-21-8-7-18(17-5-3-4-6-17)14-19(21)9-10-23-22;1-4-9(5-2)11(17)7-12(18)10(6-3)8-13(14,15)16;/h2*7-12,14,17H,3-6H2,1-2H3;7,9-10,18H,4-6,8H2,1-3H3;/q2*-1;;/b;;12-7-;/i2*9D,10D;;. The van der Waals surface area contributed by atoms with E-state index in [2.05, 4.69) is 96.6 Å². The molecule has 2 saturated carbocycles. The van der Waals surface area contributed by atoms with Gasteiger partial charge in [0.05, 0.1) is 17.7 Å². The Kier molecular flexibility index (Phi) is 16.6. The molecule has 2 heterocycles. The average molecular weight is 1060 g/mol. The Morgan fingerprint density at radius 1 is 0.708 bits per heavy atom. The second-order valence-electron chi connectivity index (χ2n) is 17.9. The summed E-state index contributed by atoms with van der Waals surface area (Å²) in [7, 11) is 0. The van der Waals surface area contributed by atoms with E-state index in [-0.39, 0.29) is 62.7 Å². The van der Waals surface area contributed by atoms with Crippen LogP contribution in [0.3, 0.4) is 0 Å². The van der Waals surface area contributed by atoms with Crippen LogP contribution in [0.1, 0.15) is 149 Å². The summed E-state index contributed by atoms with van der Waals surface area (Å²) < 4.78 is 69.8. The molecule has 8 rings (SSSR count). The molecule has 0 spiro atoms. The van der Waals surface area contributed by atoms with Gasteiger partial charge in [0.2, 0.25) is 0 Å². The normalized spacial score (nSPS) is 15.9. The number of rotatable bonds is 11. The fraction of sp³-hybridized carbons (Fsp3) is 0.421. The largest absolute Gasteiger partial charge is 0.512 e. The quantitative estimate of drug-likeness (QED) is 0.0798. The van der Waals surface area contributed by atoms with Crippen molar-refractivity contribution in [2.45, 2.75) is 144 Å². The number of hydrogen-bond acceptors (Lipinski definition) is 4. The Bertz CT molecular complexity index is 2580. The molecule has 2 aliphatic rings. The maximum atomic E-state index is 12.3. The maximum Gasteiger partial charge on any atom is 0.389 e. The molecule has 6 aromatic rings. The number of alkyl halides is 3. The number of benzene rings is 4. The number of ketones is 1. The number of nitrogens with zero attached hydrogens (tertiary/aromatic N) is 2. The molecule has 0 bridgehead atoms. The van der Waals surface area contributed by atoms with Crippen LogP contribution in [0.2, 0.25) is 0 Å². The van der Waals surface area contributed by atoms with Crippen molar-refractivity contribution < 1.29 is 48.7 Å². The number of carbonyl (C=O) groups is 1. The summed E-state index contributed by atoms with van der Waals surface area (Å²) >= 11 is 0. The summed E-state index contributed by atoms with van der Waals surface area (Å²) in [5, 5.41) is 13.2. The van der Waals surface area contributed by atoms with E-state index in [0.29, 0.717) is 24.7 Å². The van der Waals surface area contributed by atoms with E-state index < -0.39 is 24.3 Å². The van der Waals surface area contributed by atoms with E-state index in [1.807, 2.05) is 27.7 Å². The van der Waals surface area contributed by atoms with Crippen molar-refractivity contribution in [1.82, 2.24) is 9.97 Å². The summed E-state index contributed by atoms with van der Waals surface area (Å²) in [5.41, 5.74) is 10.4. The first kappa shape index (κ1) is 45.5. The van der Waals surface area contributed by atoms with Gasteiger partial charge in [0, 0.05) is 50.4 Å². The Morgan fingerprint density at radius 3 is 1.49 bits per heavy atom. The van der Waals surface area contributed by atoms with E-state index in [0.717, 1.165) is 72.4 Å². The molecule has 2 aliphatic carbocycles. The summed E-state index contributed by atoms with van der Waals surface area (Å²) in [5.74, 6) is -0.798. The van der Waals surface area contributed by atoms with Crippen LogP contribution in [0, 0.1) is 51.7 Å². The third kappa shape index (κ3) is 13.9. The zero-order valence-electron chi connectivity index (χ0n) is 42.9. The number of aromatic nitrogens is 2. The molecule has 0 amide bonds. The summed E-state index contributed by atoms with van der Waals surface area (Å²) in [4.78, 5) is 20.5. The molecule has 8 heteroatoms. The van der Waals surface area contributed by atoms with Crippen LogP contribution in [0.5, 0.6) is 0 Å². The van der Waals surface area contributed by atoms with Crippen molar-refractivity contribution in [1.29, 1.82) is 0 Å². The summed E-state index contributed by atoms with van der Waals surface area (Å²) in [6.45, 7) is 13.4. The Balaban J connectivity index is 0.000000195. The van der Waals surface area contributed by atoms with Crippen molar-refractivity contribution in [2.75, 3.05) is 0 Å². The molecule has 2 fully saturated rings. The van der Waals surface area contributed by atoms with Crippen LogP contribution >= 0.6 is 0 Å². The molecule has 1 radical (unpaired) electrons. The third-order valence-corrected chi connectivity index (χ3v) is 12.8. The number of aryl methyl sites for hydroxylation is 4. The van der Waals surface area contributed by atoms with Gasteiger partial charge in [-0.05, 0) is 113 Å². The van der Waals surface area contributed by atoms with Crippen LogP contribution in [-0.2, 0) is 24.9 Å². The van der Waals surface area contributed by atoms with E-state index >= 15 is 0 Å². The minimum absolute atomic E-state index is 0. The van der Waals surface area contributed by atoms with Gasteiger partial charge in [-0.25, -0.2) is 0 Å². The Morgan fingerprint density at radius 2 is 1.12 bits per heavy atom.